The summed E-state index contributed by atoms with van der Waals surface area (Å²) in [6.45, 7) is 0. The second-order valence-electron chi connectivity index (χ2n) is 3.86. The molecule has 0 fully saturated rings. The monoisotopic (exact) mass is 299 g/mol. The van der Waals surface area contributed by atoms with Gasteiger partial charge in [-0.15, -0.1) is 0 Å². The lowest BCUT2D eigenvalue weighted by molar-refractivity contribution is -0.138. The summed E-state index contributed by atoms with van der Waals surface area (Å²) in [5, 5.41) is 11.5. The summed E-state index contributed by atoms with van der Waals surface area (Å²) in [6, 6.07) is 3.90. The van der Waals surface area contributed by atoms with Crippen molar-refractivity contribution in [2.45, 2.75) is 6.04 Å². The number of para-hydroxylation sites is 1. The van der Waals surface area contributed by atoms with E-state index in [0.717, 1.165) is 0 Å². The van der Waals surface area contributed by atoms with E-state index in [1.165, 1.54) is 26.0 Å². The summed E-state index contributed by atoms with van der Waals surface area (Å²) in [4.78, 5) is 23.2. The Balaban J connectivity index is 2.99. The molecule has 0 bridgehead atoms. The lowest BCUT2D eigenvalue weighted by Crippen LogP contribution is -2.42. The van der Waals surface area contributed by atoms with Crippen LogP contribution in [0.5, 0.6) is 11.5 Å². The minimum Gasteiger partial charge on any atom is -0.493 e. The second-order valence-corrected chi connectivity index (χ2v) is 4.77. The topological polar surface area (TPSA) is 84.9 Å². The van der Waals surface area contributed by atoms with Crippen LogP contribution in [0.2, 0.25) is 0 Å². The highest BCUT2D eigenvalue weighted by molar-refractivity contribution is 7.98. The number of aliphatic carboxylic acids is 1. The van der Waals surface area contributed by atoms with E-state index in [9.17, 15) is 9.59 Å². The van der Waals surface area contributed by atoms with Gasteiger partial charge < -0.3 is 19.9 Å². The summed E-state index contributed by atoms with van der Waals surface area (Å²) in [7, 11) is 2.89. The molecule has 0 aliphatic heterocycles. The van der Waals surface area contributed by atoms with E-state index < -0.39 is 17.9 Å². The van der Waals surface area contributed by atoms with E-state index in [-0.39, 0.29) is 17.1 Å². The molecule has 20 heavy (non-hydrogen) atoms. The number of carbonyl (C=O) groups is 2. The van der Waals surface area contributed by atoms with E-state index in [4.69, 9.17) is 14.6 Å². The van der Waals surface area contributed by atoms with Crippen LogP contribution in [0, 0.1) is 0 Å². The van der Waals surface area contributed by atoms with E-state index in [1.54, 1.807) is 24.5 Å². The van der Waals surface area contributed by atoms with Crippen molar-refractivity contribution in [3.05, 3.63) is 23.8 Å². The molecule has 0 aromatic heterocycles. The van der Waals surface area contributed by atoms with Gasteiger partial charge in [-0.05, 0) is 18.4 Å². The third kappa shape index (κ3) is 3.80. The van der Waals surface area contributed by atoms with Gasteiger partial charge in [0.05, 0.1) is 19.8 Å². The van der Waals surface area contributed by atoms with Gasteiger partial charge >= 0.3 is 5.97 Å². The Labute approximate surface area is 121 Å². The first-order chi connectivity index (χ1) is 9.54. The van der Waals surface area contributed by atoms with Crippen LogP contribution in [0.25, 0.3) is 0 Å². The van der Waals surface area contributed by atoms with Gasteiger partial charge in [-0.3, -0.25) is 4.79 Å². The summed E-state index contributed by atoms with van der Waals surface area (Å²) in [5.41, 5.74) is 0.235. The van der Waals surface area contributed by atoms with Crippen LogP contribution in [0.4, 0.5) is 0 Å². The van der Waals surface area contributed by atoms with Gasteiger partial charge in [0.2, 0.25) is 0 Å². The van der Waals surface area contributed by atoms with Crippen LogP contribution in [0.15, 0.2) is 18.2 Å². The van der Waals surface area contributed by atoms with E-state index in [1.807, 2.05) is 0 Å². The number of carbonyl (C=O) groups excluding carboxylic acids is 1. The largest absolute Gasteiger partial charge is 0.493 e. The highest BCUT2D eigenvalue weighted by atomic mass is 32.2. The summed E-state index contributed by atoms with van der Waals surface area (Å²) in [5.74, 6) is -0.609. The molecule has 110 valence electrons. The van der Waals surface area contributed by atoms with E-state index in [0.29, 0.717) is 5.75 Å². The first kappa shape index (κ1) is 16.2. The molecule has 0 unspecified atom stereocenters. The number of carboxylic acid groups (broad SMARTS) is 1. The molecule has 1 rings (SSSR count). The average molecular weight is 299 g/mol. The minimum absolute atomic E-state index is 0.235. The fourth-order valence-corrected chi connectivity index (χ4v) is 2.20. The van der Waals surface area contributed by atoms with Gasteiger partial charge in [0, 0.05) is 5.75 Å². The molecule has 1 aromatic rings. The van der Waals surface area contributed by atoms with Gasteiger partial charge in [-0.2, -0.15) is 11.8 Å². The number of amides is 1. The molecule has 1 amide bonds. The molecule has 1 aromatic carbocycles. The molecular formula is C13H17NO5S. The summed E-state index contributed by atoms with van der Waals surface area (Å²) in [6.07, 6.45) is 1.77. The number of hydrogen-bond donors (Lipinski definition) is 2. The van der Waals surface area contributed by atoms with E-state index >= 15 is 0 Å². The minimum atomic E-state index is -1.07. The molecule has 7 heteroatoms. The van der Waals surface area contributed by atoms with Gasteiger partial charge in [-0.25, -0.2) is 4.79 Å². The normalized spacial score (nSPS) is 11.6. The third-order valence-corrected chi connectivity index (χ3v) is 3.25. The Bertz CT molecular complexity index is 492. The van der Waals surface area contributed by atoms with Crippen LogP contribution < -0.4 is 14.8 Å². The van der Waals surface area contributed by atoms with Crippen molar-refractivity contribution in [1.82, 2.24) is 5.32 Å². The maximum atomic E-state index is 12.2. The smallest absolute Gasteiger partial charge is 0.327 e. The quantitative estimate of drug-likeness (QED) is 0.788. The fraction of sp³-hybridized carbons (Fsp3) is 0.385. The highest BCUT2D eigenvalue weighted by Gasteiger charge is 2.23. The zero-order chi connectivity index (χ0) is 15.1. The lowest BCUT2D eigenvalue weighted by atomic mass is 10.1. The zero-order valence-electron chi connectivity index (χ0n) is 11.5. The number of ether oxygens (including phenoxy) is 2. The van der Waals surface area contributed by atoms with Crippen molar-refractivity contribution in [3.8, 4) is 11.5 Å². The Morgan fingerprint density at radius 2 is 2.05 bits per heavy atom. The molecule has 0 saturated heterocycles. The highest BCUT2D eigenvalue weighted by Crippen LogP contribution is 2.30. The van der Waals surface area contributed by atoms with Gasteiger partial charge in [0.15, 0.2) is 11.5 Å². The third-order valence-electron chi connectivity index (χ3n) is 2.58. The standard InChI is InChI=1S/C13H17NO5S/c1-18-10-6-4-5-8(11(10)19-2)12(15)14-9(7-20-3)13(16)17/h4-6,9H,7H2,1-3H3,(H,14,15)(H,16,17)/t9-/m0/s1. The summed E-state index contributed by atoms with van der Waals surface area (Å²) >= 11 is 1.34. The molecule has 0 spiro atoms. The van der Waals surface area contributed by atoms with Crippen molar-refractivity contribution in [2.24, 2.45) is 0 Å². The van der Waals surface area contributed by atoms with Crippen molar-refractivity contribution >= 4 is 23.6 Å². The van der Waals surface area contributed by atoms with Crippen LogP contribution >= 0.6 is 11.8 Å². The fourth-order valence-electron chi connectivity index (χ4n) is 1.64. The Kier molecular flexibility index (Phi) is 6.17. The van der Waals surface area contributed by atoms with Crippen molar-refractivity contribution in [1.29, 1.82) is 0 Å². The number of benzene rings is 1. The molecular weight excluding hydrogens is 282 g/mol. The molecule has 6 nitrogen and oxygen atoms in total. The van der Waals surface area contributed by atoms with Gasteiger partial charge in [0.1, 0.15) is 6.04 Å². The van der Waals surface area contributed by atoms with Gasteiger partial charge in [0.25, 0.3) is 5.91 Å². The number of methoxy groups -OCH3 is 2. The van der Waals surface area contributed by atoms with Crippen molar-refractivity contribution < 1.29 is 24.2 Å². The summed E-state index contributed by atoms with van der Waals surface area (Å²) < 4.78 is 10.3. The Hall–Kier alpha value is -1.89. The van der Waals surface area contributed by atoms with Crippen LogP contribution in [0.1, 0.15) is 10.4 Å². The van der Waals surface area contributed by atoms with Crippen LogP contribution in [-0.2, 0) is 4.79 Å². The first-order valence-electron chi connectivity index (χ1n) is 5.78. The molecule has 0 radical (unpaired) electrons. The average Bonchev–Trinajstić information content (AvgIpc) is 2.45. The maximum absolute atomic E-state index is 12.2. The molecule has 0 aliphatic rings. The second kappa shape index (κ2) is 7.64. The predicted molar refractivity (Wildman–Crippen MR) is 76.8 cm³/mol. The Morgan fingerprint density at radius 1 is 1.35 bits per heavy atom. The molecule has 0 heterocycles. The number of nitrogens with one attached hydrogen (secondary N) is 1. The van der Waals surface area contributed by atoms with E-state index in [2.05, 4.69) is 5.32 Å². The number of rotatable bonds is 7. The molecule has 0 aliphatic carbocycles. The van der Waals surface area contributed by atoms with Crippen LogP contribution in [-0.4, -0.2) is 49.3 Å². The lowest BCUT2D eigenvalue weighted by Gasteiger charge is -2.16. The first-order valence-corrected chi connectivity index (χ1v) is 7.18. The maximum Gasteiger partial charge on any atom is 0.327 e. The number of thioether (sulfide) groups is 1. The van der Waals surface area contributed by atoms with Crippen molar-refractivity contribution in [3.63, 3.8) is 0 Å². The molecule has 1 atom stereocenters. The molecule has 2 N–H and O–H groups in total. The van der Waals surface area contributed by atoms with Crippen molar-refractivity contribution in [2.75, 3.05) is 26.2 Å². The molecule has 0 saturated carbocycles. The van der Waals surface area contributed by atoms with Crippen LogP contribution in [0.3, 0.4) is 0 Å². The number of hydrogen-bond acceptors (Lipinski definition) is 5. The number of carboxylic acids is 1. The predicted octanol–water partition coefficient (Wildman–Crippen LogP) is 1.25. The van der Waals surface area contributed by atoms with Gasteiger partial charge in [-0.1, -0.05) is 6.07 Å². The SMILES string of the molecule is COc1cccc(C(=O)N[C@@H](CSC)C(=O)O)c1OC. The zero-order valence-corrected chi connectivity index (χ0v) is 12.3. The Morgan fingerprint density at radius 3 is 2.55 bits per heavy atom.